The van der Waals surface area contributed by atoms with Crippen LogP contribution >= 0.6 is 0 Å². The highest BCUT2D eigenvalue weighted by atomic mass is 19.2. The fourth-order valence-corrected chi connectivity index (χ4v) is 3.50. The minimum atomic E-state index is -1.16. The van der Waals surface area contributed by atoms with Crippen molar-refractivity contribution in [2.24, 2.45) is 11.3 Å². The first kappa shape index (κ1) is 14.8. The van der Waals surface area contributed by atoms with Crippen LogP contribution in [0.2, 0.25) is 0 Å². The average molecular weight is 301 g/mol. The van der Waals surface area contributed by atoms with Gasteiger partial charge >= 0.3 is 0 Å². The smallest absolute Gasteiger partial charge is 0.163 e. The maximum absolute atomic E-state index is 13.7. The molecule has 21 heavy (non-hydrogen) atoms. The summed E-state index contributed by atoms with van der Waals surface area (Å²) in [7, 11) is 0. The molecule has 1 aromatic carbocycles. The SMILES string of the molecule is OC[C@]12CCOC[C@H]1CN(Cc1cc(F)cc(F)c1F)C2. The summed E-state index contributed by atoms with van der Waals surface area (Å²) in [6.07, 6.45) is 0.755. The van der Waals surface area contributed by atoms with Crippen molar-refractivity contribution in [1.29, 1.82) is 0 Å². The fourth-order valence-electron chi connectivity index (χ4n) is 3.50. The number of likely N-dealkylation sites (tertiary alicyclic amines) is 1. The molecule has 116 valence electrons. The lowest BCUT2D eigenvalue weighted by molar-refractivity contribution is -0.0417. The van der Waals surface area contributed by atoms with Crippen LogP contribution in [0.1, 0.15) is 12.0 Å². The van der Waals surface area contributed by atoms with Gasteiger partial charge in [-0.25, -0.2) is 13.2 Å². The van der Waals surface area contributed by atoms with Crippen molar-refractivity contribution in [3.8, 4) is 0 Å². The van der Waals surface area contributed by atoms with Gasteiger partial charge in [0, 0.05) is 49.2 Å². The van der Waals surface area contributed by atoms with Crippen LogP contribution in [0, 0.1) is 28.8 Å². The number of ether oxygens (including phenoxy) is 1. The van der Waals surface area contributed by atoms with Crippen molar-refractivity contribution in [2.75, 3.05) is 32.9 Å². The third kappa shape index (κ3) is 2.67. The van der Waals surface area contributed by atoms with E-state index in [0.717, 1.165) is 12.5 Å². The van der Waals surface area contributed by atoms with Gasteiger partial charge in [-0.2, -0.15) is 0 Å². The Hall–Kier alpha value is -1.11. The molecule has 6 heteroatoms. The summed E-state index contributed by atoms with van der Waals surface area (Å²) in [6.45, 7) is 2.59. The molecule has 0 aliphatic carbocycles. The Morgan fingerprint density at radius 1 is 1.33 bits per heavy atom. The molecule has 1 N–H and O–H groups in total. The standard InChI is InChI=1S/C15H18F3NO2/c16-12-3-10(14(18)13(17)4-12)5-19-6-11-7-21-2-1-15(11,8-19)9-20/h3-4,11,20H,1-2,5-9H2/t11-,15-/m1/s1. The minimum Gasteiger partial charge on any atom is -0.396 e. The maximum atomic E-state index is 13.7. The summed E-state index contributed by atoms with van der Waals surface area (Å²) in [4.78, 5) is 1.94. The fraction of sp³-hybridized carbons (Fsp3) is 0.600. The molecule has 0 spiro atoms. The summed E-state index contributed by atoms with van der Waals surface area (Å²) < 4.78 is 45.7. The van der Waals surface area contributed by atoms with E-state index >= 15 is 0 Å². The second-order valence-electron chi connectivity index (χ2n) is 6.07. The van der Waals surface area contributed by atoms with Gasteiger partial charge in [0.15, 0.2) is 11.6 Å². The number of benzene rings is 1. The topological polar surface area (TPSA) is 32.7 Å². The Bertz CT molecular complexity index is 540. The van der Waals surface area contributed by atoms with Crippen LogP contribution in [-0.2, 0) is 11.3 Å². The number of halogens is 3. The van der Waals surface area contributed by atoms with Crippen LogP contribution in [-0.4, -0.2) is 42.9 Å². The lowest BCUT2D eigenvalue weighted by Gasteiger charge is -2.36. The molecular formula is C15H18F3NO2. The molecule has 0 amide bonds. The number of aliphatic hydroxyl groups excluding tert-OH is 1. The highest BCUT2D eigenvalue weighted by Crippen LogP contribution is 2.42. The average Bonchev–Trinajstić information content (AvgIpc) is 2.82. The lowest BCUT2D eigenvalue weighted by atomic mass is 9.75. The molecule has 0 bridgehead atoms. The molecule has 2 aliphatic heterocycles. The van der Waals surface area contributed by atoms with E-state index in [9.17, 15) is 18.3 Å². The Morgan fingerprint density at radius 3 is 2.86 bits per heavy atom. The van der Waals surface area contributed by atoms with E-state index in [0.29, 0.717) is 32.4 Å². The van der Waals surface area contributed by atoms with Crippen LogP contribution in [0.5, 0.6) is 0 Å². The molecule has 0 aromatic heterocycles. The van der Waals surface area contributed by atoms with Gasteiger partial charge in [0.25, 0.3) is 0 Å². The summed E-state index contributed by atoms with van der Waals surface area (Å²) >= 11 is 0. The molecule has 3 nitrogen and oxygen atoms in total. The van der Waals surface area contributed by atoms with Gasteiger partial charge in [0.1, 0.15) is 5.82 Å². The van der Waals surface area contributed by atoms with Crippen LogP contribution in [0.3, 0.4) is 0 Å². The first-order valence-corrected chi connectivity index (χ1v) is 7.08. The minimum absolute atomic E-state index is 0.0140. The quantitative estimate of drug-likeness (QED) is 0.866. The monoisotopic (exact) mass is 301 g/mol. The van der Waals surface area contributed by atoms with E-state index in [1.807, 2.05) is 4.90 Å². The maximum Gasteiger partial charge on any atom is 0.163 e. The Kier molecular flexibility index (Phi) is 3.94. The molecule has 0 unspecified atom stereocenters. The van der Waals surface area contributed by atoms with E-state index in [-0.39, 0.29) is 30.0 Å². The van der Waals surface area contributed by atoms with Crippen LogP contribution in [0.15, 0.2) is 12.1 Å². The van der Waals surface area contributed by atoms with Gasteiger partial charge < -0.3 is 9.84 Å². The Balaban J connectivity index is 1.78. The second kappa shape index (κ2) is 5.59. The zero-order chi connectivity index (χ0) is 15.0. The highest BCUT2D eigenvalue weighted by molar-refractivity contribution is 5.20. The first-order valence-electron chi connectivity index (χ1n) is 7.08. The number of nitrogens with zero attached hydrogens (tertiary/aromatic N) is 1. The highest BCUT2D eigenvalue weighted by Gasteiger charge is 2.47. The van der Waals surface area contributed by atoms with Crippen molar-refractivity contribution in [3.05, 3.63) is 35.1 Å². The lowest BCUT2D eigenvalue weighted by Crippen LogP contribution is -2.41. The third-order valence-electron chi connectivity index (χ3n) is 4.72. The van der Waals surface area contributed by atoms with Crippen molar-refractivity contribution < 1.29 is 23.0 Å². The van der Waals surface area contributed by atoms with E-state index in [2.05, 4.69) is 0 Å². The van der Waals surface area contributed by atoms with E-state index in [1.54, 1.807) is 0 Å². The zero-order valence-corrected chi connectivity index (χ0v) is 11.6. The van der Waals surface area contributed by atoms with Gasteiger partial charge in [0.05, 0.1) is 13.2 Å². The Morgan fingerprint density at radius 2 is 2.14 bits per heavy atom. The van der Waals surface area contributed by atoms with Gasteiger partial charge in [0.2, 0.25) is 0 Å². The molecule has 2 saturated heterocycles. The summed E-state index contributed by atoms with van der Waals surface area (Å²) in [6, 6.07) is 1.58. The summed E-state index contributed by atoms with van der Waals surface area (Å²) in [5.41, 5.74) is -0.221. The van der Waals surface area contributed by atoms with Crippen LogP contribution in [0.25, 0.3) is 0 Å². The number of fused-ring (bicyclic) bond motifs is 1. The number of hydrogen-bond donors (Lipinski definition) is 1. The van der Waals surface area contributed by atoms with E-state index in [1.165, 1.54) is 0 Å². The Labute approximate surface area is 121 Å². The van der Waals surface area contributed by atoms with Gasteiger partial charge in [-0.3, -0.25) is 4.90 Å². The molecule has 2 aliphatic rings. The van der Waals surface area contributed by atoms with Gasteiger partial charge in [-0.1, -0.05) is 0 Å². The summed E-state index contributed by atoms with van der Waals surface area (Å²) in [5.74, 6) is -2.76. The van der Waals surface area contributed by atoms with Gasteiger partial charge in [-0.05, 0) is 12.5 Å². The number of hydrogen-bond acceptors (Lipinski definition) is 3. The molecular weight excluding hydrogens is 283 g/mol. The number of aliphatic hydroxyl groups is 1. The van der Waals surface area contributed by atoms with Crippen LogP contribution < -0.4 is 0 Å². The third-order valence-corrected chi connectivity index (χ3v) is 4.72. The molecule has 0 saturated carbocycles. The van der Waals surface area contributed by atoms with Crippen molar-refractivity contribution >= 4 is 0 Å². The van der Waals surface area contributed by atoms with Crippen molar-refractivity contribution in [1.82, 2.24) is 4.90 Å². The molecule has 0 radical (unpaired) electrons. The summed E-state index contributed by atoms with van der Waals surface area (Å²) in [5, 5.41) is 9.70. The second-order valence-corrected chi connectivity index (χ2v) is 6.07. The molecule has 3 rings (SSSR count). The molecule has 2 heterocycles. The molecule has 2 atom stereocenters. The first-order chi connectivity index (χ1) is 10.0. The predicted molar refractivity (Wildman–Crippen MR) is 70.0 cm³/mol. The molecule has 1 aromatic rings. The van der Waals surface area contributed by atoms with Crippen LogP contribution in [0.4, 0.5) is 13.2 Å². The van der Waals surface area contributed by atoms with Crippen molar-refractivity contribution in [2.45, 2.75) is 13.0 Å². The van der Waals surface area contributed by atoms with Gasteiger partial charge in [-0.15, -0.1) is 0 Å². The van der Waals surface area contributed by atoms with E-state index < -0.39 is 17.5 Å². The van der Waals surface area contributed by atoms with E-state index in [4.69, 9.17) is 4.74 Å². The van der Waals surface area contributed by atoms with Crippen molar-refractivity contribution in [3.63, 3.8) is 0 Å². The number of rotatable bonds is 3. The predicted octanol–water partition coefficient (Wildman–Crippen LogP) is 1.93. The molecule has 2 fully saturated rings. The zero-order valence-electron chi connectivity index (χ0n) is 11.6. The normalized spacial score (nSPS) is 29.6. The largest absolute Gasteiger partial charge is 0.396 e.